The summed E-state index contributed by atoms with van der Waals surface area (Å²) >= 11 is 12.5. The molecule has 1 fully saturated rings. The van der Waals surface area contributed by atoms with Crippen LogP contribution >= 0.6 is 23.2 Å². The normalized spacial score (nSPS) is 16.5. The minimum Gasteiger partial charge on any atom is -0.381 e. The highest BCUT2D eigenvalue weighted by molar-refractivity contribution is 7.92. The number of carbonyl (C=O) groups excluding carboxylic acids is 1. The molecule has 0 radical (unpaired) electrons. The number of nitrogens with zero attached hydrogens (tertiary/aromatic N) is 1. The summed E-state index contributed by atoms with van der Waals surface area (Å²) in [6.07, 6.45) is 0.282. The van der Waals surface area contributed by atoms with E-state index in [9.17, 15) is 13.2 Å². The minimum atomic E-state index is -3.96. The smallest absolute Gasteiger partial charge is 0.232 e. The van der Waals surface area contributed by atoms with Crippen molar-refractivity contribution in [2.24, 2.45) is 5.41 Å². The maximum Gasteiger partial charge on any atom is 0.232 e. The summed E-state index contributed by atoms with van der Waals surface area (Å²) in [4.78, 5) is 14.5. The highest BCUT2D eigenvalue weighted by atomic mass is 35.5. The van der Waals surface area contributed by atoms with Crippen molar-refractivity contribution < 1.29 is 22.3 Å². The summed E-state index contributed by atoms with van der Waals surface area (Å²) in [7, 11) is -3.96. The molecular weight excluding hydrogens is 500 g/mol. The lowest BCUT2D eigenvalue weighted by Crippen LogP contribution is -2.45. The number of ether oxygens (including phenoxy) is 1. The first-order valence-electron chi connectivity index (χ1n) is 11.1. The predicted octanol–water partition coefficient (Wildman–Crippen LogP) is 6.40. The first-order chi connectivity index (χ1) is 15.7. The molecule has 34 heavy (non-hydrogen) atoms. The Morgan fingerprint density at radius 2 is 1.65 bits per heavy atom. The topological polar surface area (TPSA) is 63.7 Å². The second kappa shape index (κ2) is 9.76. The van der Waals surface area contributed by atoms with E-state index < -0.39 is 25.8 Å². The number of sulfone groups is 1. The number of hydrogen-bond donors (Lipinski definition) is 0. The number of hydrogen-bond acceptors (Lipinski definition) is 4. The Morgan fingerprint density at radius 3 is 2.12 bits per heavy atom. The quantitative estimate of drug-likeness (QED) is 0.449. The van der Waals surface area contributed by atoms with Gasteiger partial charge in [0, 0.05) is 29.7 Å². The maximum absolute atomic E-state index is 15.7. The highest BCUT2D eigenvalue weighted by Gasteiger charge is 2.48. The van der Waals surface area contributed by atoms with Gasteiger partial charge in [-0.15, -0.1) is 0 Å². The molecule has 0 N–H and O–H groups in total. The molecule has 1 heterocycles. The first-order valence-corrected chi connectivity index (χ1v) is 13.4. The van der Waals surface area contributed by atoms with Crippen LogP contribution in [0.5, 0.6) is 0 Å². The van der Waals surface area contributed by atoms with Crippen molar-refractivity contribution in [2.45, 2.75) is 63.1 Å². The molecule has 1 aliphatic rings. The van der Waals surface area contributed by atoms with Crippen LogP contribution in [0.15, 0.2) is 41.3 Å². The van der Waals surface area contributed by atoms with E-state index in [1.165, 1.54) is 41.3 Å². The van der Waals surface area contributed by atoms with Crippen LogP contribution in [0, 0.1) is 11.2 Å². The van der Waals surface area contributed by atoms with E-state index in [1.54, 1.807) is 34.6 Å². The number of benzene rings is 2. The molecule has 0 atom stereocenters. The van der Waals surface area contributed by atoms with E-state index in [-0.39, 0.29) is 59.2 Å². The summed E-state index contributed by atoms with van der Waals surface area (Å²) in [5.41, 5.74) is -0.575. The molecule has 2 aromatic carbocycles. The van der Waals surface area contributed by atoms with Gasteiger partial charge in [-0.1, -0.05) is 44.0 Å². The van der Waals surface area contributed by atoms with Crippen LogP contribution in [0.3, 0.4) is 0 Å². The summed E-state index contributed by atoms with van der Waals surface area (Å²) in [5.74, 6) is -1.03. The SMILES string of the molecule is CC(C)N(C(=O)C(C)(C)C)c1c(F)cc(C2(S(=O)(=O)c3ccc(Cl)cc3)CCOCC2)cc1Cl. The van der Waals surface area contributed by atoms with E-state index in [1.807, 2.05) is 0 Å². The molecule has 0 aliphatic carbocycles. The second-order valence-corrected chi connectivity index (χ2v) is 13.0. The van der Waals surface area contributed by atoms with Crippen molar-refractivity contribution in [3.8, 4) is 0 Å². The first kappa shape index (κ1) is 26.9. The molecule has 3 rings (SSSR count). The number of carbonyl (C=O) groups is 1. The number of halogens is 3. The molecule has 0 bridgehead atoms. The molecular formula is C25H30Cl2FNO4S. The molecule has 5 nitrogen and oxygen atoms in total. The van der Waals surface area contributed by atoms with E-state index >= 15 is 4.39 Å². The molecule has 0 aromatic heterocycles. The third-order valence-electron chi connectivity index (χ3n) is 6.10. The molecule has 1 saturated heterocycles. The lowest BCUT2D eigenvalue weighted by Gasteiger charge is -2.38. The predicted molar refractivity (Wildman–Crippen MR) is 134 cm³/mol. The Morgan fingerprint density at radius 1 is 1.09 bits per heavy atom. The Labute approximate surface area is 211 Å². The van der Waals surface area contributed by atoms with Crippen LogP contribution in [-0.4, -0.2) is 33.6 Å². The molecule has 1 amide bonds. The lowest BCUT2D eigenvalue weighted by atomic mass is 9.89. The second-order valence-electron chi connectivity index (χ2n) is 9.87. The van der Waals surface area contributed by atoms with Gasteiger partial charge in [0.2, 0.25) is 5.91 Å². The van der Waals surface area contributed by atoms with Gasteiger partial charge >= 0.3 is 0 Å². The van der Waals surface area contributed by atoms with Crippen molar-refractivity contribution >= 4 is 44.6 Å². The van der Waals surface area contributed by atoms with Crippen LogP contribution in [-0.2, 0) is 24.1 Å². The van der Waals surface area contributed by atoms with Gasteiger partial charge < -0.3 is 9.64 Å². The van der Waals surface area contributed by atoms with Crippen LogP contribution < -0.4 is 4.90 Å². The molecule has 0 saturated carbocycles. The fraction of sp³-hybridized carbons (Fsp3) is 0.480. The largest absolute Gasteiger partial charge is 0.381 e. The Kier molecular flexibility index (Phi) is 7.73. The minimum absolute atomic E-state index is 0.0153. The van der Waals surface area contributed by atoms with Crippen LogP contribution in [0.2, 0.25) is 10.0 Å². The van der Waals surface area contributed by atoms with Crippen LogP contribution in [0.1, 0.15) is 53.0 Å². The van der Waals surface area contributed by atoms with E-state index in [0.29, 0.717) is 5.02 Å². The van der Waals surface area contributed by atoms with Crippen LogP contribution in [0.4, 0.5) is 10.1 Å². The number of anilines is 1. The zero-order chi connectivity index (χ0) is 25.5. The summed E-state index contributed by atoms with van der Waals surface area (Å²) in [6.45, 7) is 9.21. The molecule has 2 aromatic rings. The van der Waals surface area contributed by atoms with Gasteiger partial charge in [0.1, 0.15) is 10.6 Å². The Bertz CT molecular complexity index is 1150. The summed E-state index contributed by atoms with van der Waals surface area (Å²) in [5, 5.41) is 0.397. The van der Waals surface area contributed by atoms with Gasteiger partial charge in [0.25, 0.3) is 0 Å². The Balaban J connectivity index is 2.20. The standard InChI is InChI=1S/C25H30Cl2FNO4S/c1-16(2)29(23(30)24(3,4)5)22-20(27)14-17(15-21(22)28)25(10-12-33-13-11-25)34(31,32)19-8-6-18(26)7-9-19/h6-9,14-16H,10-13H2,1-5H3. The molecule has 0 unspecified atom stereocenters. The molecule has 0 spiro atoms. The van der Waals surface area contributed by atoms with Crippen molar-refractivity contribution in [1.29, 1.82) is 0 Å². The van der Waals surface area contributed by atoms with Gasteiger partial charge in [0.15, 0.2) is 9.84 Å². The summed E-state index contributed by atoms with van der Waals surface area (Å²) < 4.78 is 47.5. The number of rotatable bonds is 5. The van der Waals surface area contributed by atoms with Gasteiger partial charge in [-0.3, -0.25) is 4.79 Å². The third kappa shape index (κ3) is 4.85. The van der Waals surface area contributed by atoms with Gasteiger partial charge in [-0.05, 0) is 68.7 Å². The van der Waals surface area contributed by atoms with Gasteiger partial charge in [-0.25, -0.2) is 12.8 Å². The lowest BCUT2D eigenvalue weighted by molar-refractivity contribution is -0.126. The monoisotopic (exact) mass is 529 g/mol. The third-order valence-corrected chi connectivity index (χ3v) is 9.21. The number of amides is 1. The maximum atomic E-state index is 15.7. The average molecular weight is 530 g/mol. The van der Waals surface area contributed by atoms with Crippen molar-refractivity contribution in [2.75, 3.05) is 18.1 Å². The fourth-order valence-electron chi connectivity index (χ4n) is 4.27. The molecule has 9 heteroatoms. The average Bonchev–Trinajstić information content (AvgIpc) is 2.75. The van der Waals surface area contributed by atoms with Gasteiger partial charge in [0.05, 0.1) is 15.6 Å². The fourth-order valence-corrected chi connectivity index (χ4v) is 6.77. The van der Waals surface area contributed by atoms with E-state index in [2.05, 4.69) is 0 Å². The van der Waals surface area contributed by atoms with Crippen molar-refractivity contribution in [3.05, 3.63) is 57.8 Å². The van der Waals surface area contributed by atoms with Crippen molar-refractivity contribution in [1.82, 2.24) is 0 Å². The zero-order valence-corrected chi connectivity index (χ0v) is 22.3. The summed E-state index contributed by atoms with van der Waals surface area (Å²) in [6, 6.07) is 8.23. The molecule has 186 valence electrons. The molecule has 1 aliphatic heterocycles. The van der Waals surface area contributed by atoms with E-state index in [4.69, 9.17) is 27.9 Å². The van der Waals surface area contributed by atoms with Crippen LogP contribution in [0.25, 0.3) is 0 Å². The van der Waals surface area contributed by atoms with Gasteiger partial charge in [-0.2, -0.15) is 0 Å². The van der Waals surface area contributed by atoms with E-state index in [0.717, 1.165) is 0 Å². The highest BCUT2D eigenvalue weighted by Crippen LogP contribution is 2.46. The zero-order valence-electron chi connectivity index (χ0n) is 20.0. The van der Waals surface area contributed by atoms with Crippen molar-refractivity contribution in [3.63, 3.8) is 0 Å². The Hall–Kier alpha value is -1.67.